The Kier molecular flexibility index (Phi) is 5.69. The van der Waals surface area contributed by atoms with E-state index in [9.17, 15) is 22.8 Å². The van der Waals surface area contributed by atoms with Crippen molar-refractivity contribution in [1.29, 1.82) is 0 Å². The second-order valence-electron chi connectivity index (χ2n) is 6.33. The van der Waals surface area contributed by atoms with E-state index in [0.717, 1.165) is 17.0 Å². The monoisotopic (exact) mass is 392 g/mol. The highest BCUT2D eigenvalue weighted by Crippen LogP contribution is 2.29. The molecule has 1 saturated heterocycles. The van der Waals surface area contributed by atoms with Gasteiger partial charge in [0.1, 0.15) is 5.75 Å². The molecule has 2 aromatic rings. The highest BCUT2D eigenvalue weighted by molar-refractivity contribution is 6.22. The number of hydrogen-bond acceptors (Lipinski definition) is 4. The van der Waals surface area contributed by atoms with Crippen molar-refractivity contribution in [2.45, 2.75) is 32.1 Å². The molecule has 5 nitrogen and oxygen atoms in total. The zero-order chi connectivity index (χ0) is 20.3. The Bertz CT molecular complexity index is 848. The second kappa shape index (κ2) is 8.02. The molecular formula is C20H19F3N2O3. The Hall–Kier alpha value is -2.87. The molecule has 0 unspecified atom stereocenters. The van der Waals surface area contributed by atoms with E-state index in [-0.39, 0.29) is 24.8 Å². The van der Waals surface area contributed by atoms with Crippen molar-refractivity contribution in [2.75, 3.05) is 11.5 Å². The van der Waals surface area contributed by atoms with Gasteiger partial charge in [0.2, 0.25) is 5.91 Å². The summed E-state index contributed by atoms with van der Waals surface area (Å²) >= 11 is 0. The summed E-state index contributed by atoms with van der Waals surface area (Å²) in [6.45, 7) is 2.55. The first-order valence-electron chi connectivity index (χ1n) is 8.78. The molecule has 0 bridgehead atoms. The second-order valence-corrected chi connectivity index (χ2v) is 6.33. The first kappa shape index (κ1) is 19.9. The predicted octanol–water partition coefficient (Wildman–Crippen LogP) is 3.53. The average Bonchev–Trinajstić information content (AvgIpc) is 2.94. The summed E-state index contributed by atoms with van der Waals surface area (Å²) in [6, 6.07) is 10.6. The van der Waals surface area contributed by atoms with Crippen LogP contribution in [-0.4, -0.2) is 24.5 Å². The van der Waals surface area contributed by atoms with Crippen LogP contribution in [0.1, 0.15) is 24.5 Å². The van der Waals surface area contributed by atoms with Crippen LogP contribution in [-0.2, 0) is 22.3 Å². The molecule has 2 amide bonds. The fourth-order valence-electron chi connectivity index (χ4n) is 2.97. The number of benzene rings is 2. The summed E-state index contributed by atoms with van der Waals surface area (Å²) in [7, 11) is 0. The molecule has 1 N–H and O–H groups in total. The Balaban J connectivity index is 1.63. The fourth-order valence-corrected chi connectivity index (χ4v) is 2.97. The number of ether oxygens (including phenoxy) is 1. The van der Waals surface area contributed by atoms with E-state index < -0.39 is 17.8 Å². The summed E-state index contributed by atoms with van der Waals surface area (Å²) in [4.78, 5) is 26.0. The van der Waals surface area contributed by atoms with E-state index in [1.807, 2.05) is 6.92 Å². The van der Waals surface area contributed by atoms with Crippen LogP contribution in [0.2, 0.25) is 0 Å². The van der Waals surface area contributed by atoms with Crippen molar-refractivity contribution in [3.63, 3.8) is 0 Å². The molecule has 0 aliphatic carbocycles. The molecule has 148 valence electrons. The first-order chi connectivity index (χ1) is 13.3. The van der Waals surface area contributed by atoms with Crippen molar-refractivity contribution in [1.82, 2.24) is 5.32 Å². The predicted molar refractivity (Wildman–Crippen MR) is 96.8 cm³/mol. The number of hydrogen-bond donors (Lipinski definition) is 1. The normalized spacial score (nSPS) is 17.3. The number of anilines is 1. The minimum Gasteiger partial charge on any atom is -0.494 e. The van der Waals surface area contributed by atoms with Crippen LogP contribution in [0.4, 0.5) is 18.9 Å². The molecule has 2 aromatic carbocycles. The van der Waals surface area contributed by atoms with Gasteiger partial charge in [-0.2, -0.15) is 13.2 Å². The van der Waals surface area contributed by atoms with Crippen molar-refractivity contribution in [3.8, 4) is 5.75 Å². The molecule has 0 aromatic heterocycles. The third-order valence-corrected chi connectivity index (χ3v) is 4.39. The van der Waals surface area contributed by atoms with Crippen LogP contribution in [0.3, 0.4) is 0 Å². The number of halogens is 3. The summed E-state index contributed by atoms with van der Waals surface area (Å²) in [5.41, 5.74) is 0.315. The number of alkyl halides is 3. The Morgan fingerprint density at radius 1 is 1.07 bits per heavy atom. The molecule has 1 fully saturated rings. The van der Waals surface area contributed by atoms with Crippen LogP contribution in [0.5, 0.6) is 5.75 Å². The maximum Gasteiger partial charge on any atom is 0.416 e. The minimum atomic E-state index is -4.39. The molecule has 1 atom stereocenters. The number of imide groups is 1. The summed E-state index contributed by atoms with van der Waals surface area (Å²) in [6.07, 6.45) is -4.40. The number of carbonyl (C=O) groups is 2. The molecular weight excluding hydrogens is 373 g/mol. The molecule has 1 heterocycles. The molecule has 8 heteroatoms. The molecule has 28 heavy (non-hydrogen) atoms. The van der Waals surface area contributed by atoms with Gasteiger partial charge in [-0.15, -0.1) is 0 Å². The van der Waals surface area contributed by atoms with Gasteiger partial charge in [0, 0.05) is 6.54 Å². The van der Waals surface area contributed by atoms with Gasteiger partial charge in [0.05, 0.1) is 30.3 Å². The Morgan fingerprint density at radius 2 is 1.71 bits per heavy atom. The lowest BCUT2D eigenvalue weighted by molar-refractivity contribution is -0.137. The molecule has 1 aliphatic rings. The van der Waals surface area contributed by atoms with Crippen LogP contribution < -0.4 is 15.0 Å². The lowest BCUT2D eigenvalue weighted by Crippen LogP contribution is -2.38. The smallest absolute Gasteiger partial charge is 0.416 e. The van der Waals surface area contributed by atoms with Gasteiger partial charge >= 0.3 is 6.18 Å². The first-order valence-corrected chi connectivity index (χ1v) is 8.78. The van der Waals surface area contributed by atoms with Gasteiger partial charge in [-0.3, -0.25) is 9.59 Å². The molecule has 1 aliphatic heterocycles. The number of nitrogens with one attached hydrogen (secondary N) is 1. The van der Waals surface area contributed by atoms with E-state index in [1.165, 1.54) is 12.1 Å². The highest BCUT2D eigenvalue weighted by atomic mass is 19.4. The average molecular weight is 392 g/mol. The van der Waals surface area contributed by atoms with E-state index in [1.54, 1.807) is 24.3 Å². The van der Waals surface area contributed by atoms with E-state index >= 15 is 0 Å². The third-order valence-electron chi connectivity index (χ3n) is 4.39. The number of carbonyl (C=O) groups excluding carboxylic acids is 2. The van der Waals surface area contributed by atoms with Crippen LogP contribution in [0, 0.1) is 0 Å². The Morgan fingerprint density at radius 3 is 2.29 bits per heavy atom. The molecule has 0 spiro atoms. The molecule has 0 saturated carbocycles. The Labute approximate surface area is 160 Å². The number of amides is 2. The SMILES string of the molecule is CCOc1ccc(N2C(=O)C[C@H](NCc3ccc(C(F)(F)F)cc3)C2=O)cc1. The standard InChI is InChI=1S/C20H19F3N2O3/c1-2-28-16-9-7-15(8-10-16)25-18(26)11-17(19(25)27)24-12-13-3-5-14(6-4-13)20(21,22)23/h3-10,17,24H,2,11-12H2,1H3/t17-/m0/s1. The largest absolute Gasteiger partial charge is 0.494 e. The van der Waals surface area contributed by atoms with Crippen LogP contribution in [0.15, 0.2) is 48.5 Å². The van der Waals surface area contributed by atoms with Gasteiger partial charge in [-0.25, -0.2) is 4.90 Å². The number of nitrogens with zero attached hydrogens (tertiary/aromatic N) is 1. The van der Waals surface area contributed by atoms with E-state index in [2.05, 4.69) is 5.32 Å². The van der Waals surface area contributed by atoms with Gasteiger partial charge < -0.3 is 10.1 Å². The number of rotatable bonds is 6. The molecule has 3 rings (SSSR count). The van der Waals surface area contributed by atoms with Crippen LogP contribution >= 0.6 is 0 Å². The zero-order valence-corrected chi connectivity index (χ0v) is 15.1. The van der Waals surface area contributed by atoms with Crippen molar-refractivity contribution < 1.29 is 27.5 Å². The third kappa shape index (κ3) is 4.33. The van der Waals surface area contributed by atoms with E-state index in [4.69, 9.17) is 4.74 Å². The molecule has 0 radical (unpaired) electrons. The van der Waals surface area contributed by atoms with Crippen LogP contribution in [0.25, 0.3) is 0 Å². The highest BCUT2D eigenvalue weighted by Gasteiger charge is 2.39. The maximum absolute atomic E-state index is 12.6. The topological polar surface area (TPSA) is 58.6 Å². The summed E-state index contributed by atoms with van der Waals surface area (Å²) in [5.74, 6) is -0.0810. The summed E-state index contributed by atoms with van der Waals surface area (Å²) < 4.78 is 43.2. The van der Waals surface area contributed by atoms with Gasteiger partial charge in [0.25, 0.3) is 5.91 Å². The van der Waals surface area contributed by atoms with Gasteiger partial charge in [-0.1, -0.05) is 12.1 Å². The van der Waals surface area contributed by atoms with Crippen molar-refractivity contribution >= 4 is 17.5 Å². The maximum atomic E-state index is 12.6. The fraction of sp³-hybridized carbons (Fsp3) is 0.300. The summed E-state index contributed by atoms with van der Waals surface area (Å²) in [5, 5.41) is 2.95. The quantitative estimate of drug-likeness (QED) is 0.765. The van der Waals surface area contributed by atoms with Crippen molar-refractivity contribution in [2.24, 2.45) is 0 Å². The lowest BCUT2D eigenvalue weighted by Gasteiger charge is -2.16. The van der Waals surface area contributed by atoms with E-state index in [0.29, 0.717) is 23.6 Å². The lowest BCUT2D eigenvalue weighted by atomic mass is 10.1. The van der Waals surface area contributed by atoms with Crippen molar-refractivity contribution in [3.05, 3.63) is 59.7 Å². The minimum absolute atomic E-state index is 0.00726. The van der Waals surface area contributed by atoms with Gasteiger partial charge in [0.15, 0.2) is 0 Å². The van der Waals surface area contributed by atoms with Gasteiger partial charge in [-0.05, 0) is 48.9 Å². The zero-order valence-electron chi connectivity index (χ0n) is 15.1.